The second-order valence-corrected chi connectivity index (χ2v) is 7.54. The predicted octanol–water partition coefficient (Wildman–Crippen LogP) is 2.95. The number of hydrogen-bond acceptors (Lipinski definition) is 8. The first kappa shape index (κ1) is 19.6. The van der Waals surface area contributed by atoms with Gasteiger partial charge < -0.3 is 24.6 Å². The zero-order valence-electron chi connectivity index (χ0n) is 16.9. The molecular formula is C22H22N4O4. The van der Waals surface area contributed by atoms with Gasteiger partial charge in [-0.05, 0) is 31.5 Å². The van der Waals surface area contributed by atoms with Crippen molar-refractivity contribution in [3.8, 4) is 11.6 Å². The second-order valence-electron chi connectivity index (χ2n) is 7.54. The average molecular weight is 406 g/mol. The summed E-state index contributed by atoms with van der Waals surface area (Å²) >= 11 is 0. The van der Waals surface area contributed by atoms with Crippen LogP contribution in [0.5, 0.6) is 11.6 Å². The van der Waals surface area contributed by atoms with Crippen LogP contribution in [-0.2, 0) is 6.42 Å². The summed E-state index contributed by atoms with van der Waals surface area (Å²) in [4.78, 5) is 20.0. The molecule has 1 aromatic carbocycles. The van der Waals surface area contributed by atoms with Crippen molar-refractivity contribution >= 4 is 22.8 Å². The zero-order valence-corrected chi connectivity index (χ0v) is 16.9. The highest BCUT2D eigenvalue weighted by atomic mass is 16.6. The molecule has 2 aromatic heterocycles. The average Bonchev–Trinajstić information content (AvgIpc) is 2.71. The molecule has 1 aliphatic rings. The van der Waals surface area contributed by atoms with Gasteiger partial charge >= 0.3 is 5.63 Å². The Morgan fingerprint density at radius 2 is 2.13 bits per heavy atom. The molecule has 8 heteroatoms. The number of aromatic nitrogens is 2. The minimum absolute atomic E-state index is 0.308. The van der Waals surface area contributed by atoms with Crippen LogP contribution in [0.15, 0.2) is 52.1 Å². The molecule has 0 spiro atoms. The van der Waals surface area contributed by atoms with Crippen LogP contribution in [0.2, 0.25) is 0 Å². The van der Waals surface area contributed by atoms with Crippen LogP contribution in [0.25, 0.3) is 16.5 Å². The summed E-state index contributed by atoms with van der Waals surface area (Å²) in [5.41, 5.74) is 1.61. The quantitative estimate of drug-likeness (QED) is 0.495. The molecule has 30 heavy (non-hydrogen) atoms. The molecule has 0 bridgehead atoms. The number of nitrogens with zero attached hydrogens (tertiary/aromatic N) is 2. The van der Waals surface area contributed by atoms with Crippen molar-refractivity contribution in [3.05, 3.63) is 64.5 Å². The van der Waals surface area contributed by atoms with Crippen molar-refractivity contribution in [2.45, 2.75) is 32.0 Å². The number of fused-ring (bicyclic) bond motifs is 2. The normalized spacial score (nSPS) is 17.7. The van der Waals surface area contributed by atoms with Crippen molar-refractivity contribution < 1.29 is 13.9 Å². The third kappa shape index (κ3) is 3.76. The lowest BCUT2D eigenvalue weighted by atomic mass is 9.90. The summed E-state index contributed by atoms with van der Waals surface area (Å²) in [6.45, 7) is 3.88. The Labute approximate surface area is 173 Å². The van der Waals surface area contributed by atoms with E-state index in [4.69, 9.17) is 19.3 Å². The highest BCUT2D eigenvalue weighted by Gasteiger charge is 2.39. The fourth-order valence-electron chi connectivity index (χ4n) is 3.43. The maximum atomic E-state index is 11.5. The van der Waals surface area contributed by atoms with E-state index in [0.29, 0.717) is 34.9 Å². The molecule has 3 heterocycles. The first-order valence-electron chi connectivity index (χ1n) is 9.52. The Kier molecular flexibility index (Phi) is 4.99. The van der Waals surface area contributed by atoms with E-state index in [1.165, 1.54) is 18.6 Å². The van der Waals surface area contributed by atoms with E-state index >= 15 is 0 Å². The largest absolute Gasteiger partial charge is 0.484 e. The summed E-state index contributed by atoms with van der Waals surface area (Å²) in [5.74, 6) is 1.08. The lowest BCUT2D eigenvalue weighted by Crippen LogP contribution is -2.49. The lowest BCUT2D eigenvalue weighted by molar-refractivity contribution is -0.0287. The standard InChI is InChI=1S/C22H22N4O4/c1-22(2)19(29-20-8-16(25-12-26-20)15(10-23)11-24-3)7-14-6-13-4-5-21(27)28-17(13)9-18(14)30-22/h4-6,8-12,19,23-24H,7H2,1-3H3/b15-11+,23-10?. The molecule has 0 saturated carbocycles. The minimum atomic E-state index is -0.647. The van der Waals surface area contributed by atoms with Crippen molar-refractivity contribution in [1.82, 2.24) is 15.3 Å². The number of nitrogens with one attached hydrogen (secondary N) is 2. The van der Waals surface area contributed by atoms with Crippen molar-refractivity contribution in [2.75, 3.05) is 7.05 Å². The van der Waals surface area contributed by atoms with Gasteiger partial charge in [0.05, 0.1) is 5.69 Å². The van der Waals surface area contributed by atoms with Crippen molar-refractivity contribution in [2.24, 2.45) is 0 Å². The Balaban J connectivity index is 1.65. The molecule has 4 rings (SSSR count). The third-order valence-corrected chi connectivity index (χ3v) is 5.01. The highest BCUT2D eigenvalue weighted by Crippen LogP contribution is 2.37. The molecule has 3 aromatic rings. The maximum absolute atomic E-state index is 11.5. The topological polar surface area (TPSA) is 110 Å². The molecule has 0 amide bonds. The van der Waals surface area contributed by atoms with Gasteiger partial charge in [0.25, 0.3) is 0 Å². The van der Waals surface area contributed by atoms with E-state index in [2.05, 4.69) is 15.3 Å². The predicted molar refractivity (Wildman–Crippen MR) is 113 cm³/mol. The van der Waals surface area contributed by atoms with Crippen LogP contribution in [0.1, 0.15) is 25.1 Å². The van der Waals surface area contributed by atoms with Gasteiger partial charge in [0.1, 0.15) is 29.4 Å². The molecule has 8 nitrogen and oxygen atoms in total. The molecule has 0 saturated heterocycles. The number of benzene rings is 1. The van der Waals surface area contributed by atoms with Crippen molar-refractivity contribution in [1.29, 1.82) is 5.41 Å². The summed E-state index contributed by atoms with van der Waals surface area (Å²) in [6, 6.07) is 8.55. The fraction of sp³-hybridized carbons (Fsp3) is 0.273. The van der Waals surface area contributed by atoms with Gasteiger partial charge in [-0.25, -0.2) is 14.8 Å². The van der Waals surface area contributed by atoms with Crippen LogP contribution >= 0.6 is 0 Å². The van der Waals surface area contributed by atoms with Gasteiger partial charge in [0.2, 0.25) is 5.88 Å². The minimum Gasteiger partial charge on any atom is -0.484 e. The van der Waals surface area contributed by atoms with Gasteiger partial charge in [-0.15, -0.1) is 0 Å². The van der Waals surface area contributed by atoms with Gasteiger partial charge in [0, 0.05) is 55.0 Å². The maximum Gasteiger partial charge on any atom is 0.336 e. The van der Waals surface area contributed by atoms with Crippen LogP contribution in [-0.4, -0.2) is 34.9 Å². The molecule has 154 valence electrons. The van der Waals surface area contributed by atoms with Gasteiger partial charge in [-0.1, -0.05) is 0 Å². The smallest absolute Gasteiger partial charge is 0.336 e. The number of allylic oxidation sites excluding steroid dienone is 1. The molecule has 2 N–H and O–H groups in total. The molecular weight excluding hydrogens is 384 g/mol. The highest BCUT2D eigenvalue weighted by molar-refractivity contribution is 6.07. The summed E-state index contributed by atoms with van der Waals surface area (Å²) in [7, 11) is 1.76. The second kappa shape index (κ2) is 7.62. The molecule has 0 radical (unpaired) electrons. The zero-order chi connectivity index (χ0) is 21.3. The Bertz CT molecular complexity index is 1200. The number of hydrogen-bond donors (Lipinski definition) is 2. The fourth-order valence-corrected chi connectivity index (χ4v) is 3.43. The van der Waals surface area contributed by atoms with E-state index in [-0.39, 0.29) is 6.10 Å². The lowest BCUT2D eigenvalue weighted by Gasteiger charge is -2.39. The Hall–Kier alpha value is -3.68. The van der Waals surface area contributed by atoms with E-state index in [1.54, 1.807) is 31.4 Å². The van der Waals surface area contributed by atoms with Crippen LogP contribution in [0.3, 0.4) is 0 Å². The molecule has 1 unspecified atom stereocenters. The van der Waals surface area contributed by atoms with Gasteiger partial charge in [0.15, 0.2) is 0 Å². The van der Waals surface area contributed by atoms with E-state index in [9.17, 15) is 4.79 Å². The van der Waals surface area contributed by atoms with Gasteiger partial charge in [-0.3, -0.25) is 0 Å². The summed E-state index contributed by atoms with van der Waals surface area (Å²) in [5, 5.41) is 11.3. The summed E-state index contributed by atoms with van der Waals surface area (Å²) < 4.78 is 17.7. The molecule has 1 aliphatic heterocycles. The SMILES string of the molecule is CN/C=C(\C=N)c1cc(OC2Cc3cc4ccc(=O)oc4cc3OC2(C)C)ncn1. The van der Waals surface area contributed by atoms with Gasteiger partial charge in [-0.2, -0.15) is 0 Å². The van der Waals surface area contributed by atoms with E-state index < -0.39 is 11.2 Å². The molecule has 0 aliphatic carbocycles. The number of ether oxygens (including phenoxy) is 2. The monoisotopic (exact) mass is 406 g/mol. The molecule has 1 atom stereocenters. The first-order valence-corrected chi connectivity index (χ1v) is 9.52. The Morgan fingerprint density at radius 3 is 2.90 bits per heavy atom. The summed E-state index contributed by atoms with van der Waals surface area (Å²) in [6.07, 6.45) is 4.61. The van der Waals surface area contributed by atoms with Crippen LogP contribution in [0.4, 0.5) is 0 Å². The van der Waals surface area contributed by atoms with E-state index in [1.807, 2.05) is 19.9 Å². The number of rotatable bonds is 5. The Morgan fingerprint density at radius 1 is 1.30 bits per heavy atom. The van der Waals surface area contributed by atoms with Crippen molar-refractivity contribution in [3.63, 3.8) is 0 Å². The third-order valence-electron chi connectivity index (χ3n) is 5.01. The van der Waals surface area contributed by atoms with Crippen LogP contribution in [0, 0.1) is 5.41 Å². The molecule has 0 fully saturated rings. The first-order chi connectivity index (χ1) is 14.4. The van der Waals surface area contributed by atoms with Crippen LogP contribution < -0.4 is 20.4 Å². The van der Waals surface area contributed by atoms with E-state index in [0.717, 1.165) is 10.9 Å².